The van der Waals surface area contributed by atoms with Crippen LogP contribution in [0.4, 0.5) is 13.2 Å². The summed E-state index contributed by atoms with van der Waals surface area (Å²) in [5.41, 5.74) is -1.34. The number of Topliss-reactive ketones (excluding diaryl/α,β-unsaturated/α-hetero) is 1. The highest BCUT2D eigenvalue weighted by Gasteiger charge is 2.41. The fraction of sp³-hybridized carbons (Fsp3) is 0.136. The summed E-state index contributed by atoms with van der Waals surface area (Å²) in [6.45, 7) is 0.552. The summed E-state index contributed by atoms with van der Waals surface area (Å²) in [6, 6.07) is 10.2. The van der Waals surface area contributed by atoms with Gasteiger partial charge < -0.3 is 19.7 Å². The Balaban J connectivity index is 1.56. The third-order valence-electron chi connectivity index (χ3n) is 4.74. The highest BCUT2D eigenvalue weighted by atomic mass is 19.4. The molecule has 3 N–H and O–H groups in total. The van der Waals surface area contributed by atoms with E-state index in [1.54, 1.807) is 30.3 Å². The molecular formula is C22H16F3N5O5. The second-order valence-electron chi connectivity index (χ2n) is 7.21. The Hall–Kier alpha value is -4.68. The van der Waals surface area contributed by atoms with Crippen LogP contribution in [-0.4, -0.2) is 41.6 Å². The van der Waals surface area contributed by atoms with Crippen LogP contribution in [0.3, 0.4) is 0 Å². The third-order valence-corrected chi connectivity index (χ3v) is 4.74. The molecule has 0 fully saturated rings. The van der Waals surface area contributed by atoms with E-state index in [0.717, 1.165) is 13.0 Å². The number of phenols is 2. The smallest absolute Gasteiger partial charge is 0.423 e. The Kier molecular flexibility index (Phi) is 6.23. The molecule has 0 aliphatic rings. The molecule has 0 aliphatic heterocycles. The Morgan fingerprint density at radius 3 is 2.63 bits per heavy atom. The standard InChI is InChI=1S/C22H16F3N5O5/c1-11(31)15-9-16(32)20(18(19(15)33)22(23,24)25)34-10-12-3-2-4-14(7-12)35-17-8-13(5-6-26-17)21-27-29-30-28-21/h2-9,32-33H,10H2,1H3,(H,27,28,29,30). The zero-order chi connectivity index (χ0) is 25.2. The first kappa shape index (κ1) is 23.5. The Morgan fingerprint density at radius 1 is 1.14 bits per heavy atom. The number of carbonyl (C=O) groups excluding carboxylic acids is 1. The highest BCUT2D eigenvalue weighted by Crippen LogP contribution is 2.48. The van der Waals surface area contributed by atoms with Gasteiger partial charge in [-0.1, -0.05) is 12.1 Å². The SMILES string of the molecule is CC(=O)c1cc(O)c(OCc2cccc(Oc3cc(-c4nn[nH]n4)ccn3)c2)c(C(F)(F)F)c1O. The average Bonchev–Trinajstić information content (AvgIpc) is 3.34. The van der Waals surface area contributed by atoms with Gasteiger partial charge in [0.2, 0.25) is 11.7 Å². The minimum atomic E-state index is -5.09. The van der Waals surface area contributed by atoms with Gasteiger partial charge in [0.15, 0.2) is 17.3 Å². The molecule has 10 nitrogen and oxygen atoms in total. The molecule has 0 radical (unpaired) electrons. The molecule has 13 heteroatoms. The first-order valence-corrected chi connectivity index (χ1v) is 9.90. The number of alkyl halides is 3. The lowest BCUT2D eigenvalue weighted by Gasteiger charge is -2.18. The fourth-order valence-corrected chi connectivity index (χ4v) is 3.18. The number of hydrogen-bond acceptors (Lipinski definition) is 9. The van der Waals surface area contributed by atoms with Gasteiger partial charge in [-0.3, -0.25) is 4.79 Å². The quantitative estimate of drug-likeness (QED) is 0.257. The molecule has 2 aromatic carbocycles. The monoisotopic (exact) mass is 487 g/mol. The number of benzene rings is 2. The van der Waals surface area contributed by atoms with Crippen LogP contribution >= 0.6 is 0 Å². The maximum Gasteiger partial charge on any atom is 0.423 e. The van der Waals surface area contributed by atoms with Crippen LogP contribution in [0.25, 0.3) is 11.4 Å². The van der Waals surface area contributed by atoms with Crippen molar-refractivity contribution in [2.75, 3.05) is 0 Å². The molecule has 4 rings (SSSR count). The molecule has 0 atom stereocenters. The van der Waals surface area contributed by atoms with Crippen molar-refractivity contribution in [1.82, 2.24) is 25.6 Å². The second kappa shape index (κ2) is 9.29. The summed E-state index contributed by atoms with van der Waals surface area (Å²) in [5.74, 6) is -3.26. The van der Waals surface area contributed by atoms with E-state index in [1.165, 1.54) is 12.3 Å². The lowest BCUT2D eigenvalue weighted by atomic mass is 10.0. The molecule has 4 aromatic rings. The van der Waals surface area contributed by atoms with Crippen LogP contribution in [0.2, 0.25) is 0 Å². The number of phenolic OH excluding ortho intramolecular Hbond substituents is 2. The van der Waals surface area contributed by atoms with E-state index in [9.17, 15) is 28.2 Å². The molecule has 0 saturated carbocycles. The Labute approximate surface area is 195 Å². The van der Waals surface area contributed by atoms with E-state index in [-0.39, 0.29) is 5.88 Å². The number of hydrogen-bond donors (Lipinski definition) is 3. The number of halogens is 3. The maximum atomic E-state index is 13.6. The second-order valence-corrected chi connectivity index (χ2v) is 7.21. The van der Waals surface area contributed by atoms with Crippen LogP contribution in [0.1, 0.15) is 28.4 Å². The van der Waals surface area contributed by atoms with Crippen LogP contribution in [0.15, 0.2) is 48.7 Å². The lowest BCUT2D eigenvalue weighted by molar-refractivity contribution is -0.140. The minimum Gasteiger partial charge on any atom is -0.506 e. The fourth-order valence-electron chi connectivity index (χ4n) is 3.18. The number of rotatable bonds is 7. The van der Waals surface area contributed by atoms with Gasteiger partial charge in [0, 0.05) is 17.8 Å². The van der Waals surface area contributed by atoms with Gasteiger partial charge in [-0.25, -0.2) is 4.98 Å². The number of carbonyl (C=O) groups is 1. The number of nitrogens with one attached hydrogen (secondary N) is 1. The number of aromatic nitrogens is 5. The summed E-state index contributed by atoms with van der Waals surface area (Å²) >= 11 is 0. The van der Waals surface area contributed by atoms with Crippen molar-refractivity contribution >= 4 is 5.78 Å². The van der Waals surface area contributed by atoms with Crippen molar-refractivity contribution in [2.24, 2.45) is 0 Å². The Bertz CT molecular complexity index is 1380. The molecule has 0 amide bonds. The van der Waals surface area contributed by atoms with Gasteiger partial charge in [0.05, 0.1) is 5.56 Å². The number of ketones is 1. The average molecular weight is 487 g/mol. The van der Waals surface area contributed by atoms with Crippen molar-refractivity contribution < 1.29 is 37.7 Å². The molecule has 0 spiro atoms. The van der Waals surface area contributed by atoms with E-state index >= 15 is 0 Å². The van der Waals surface area contributed by atoms with Crippen molar-refractivity contribution in [2.45, 2.75) is 19.7 Å². The normalized spacial score (nSPS) is 11.3. The van der Waals surface area contributed by atoms with Crippen molar-refractivity contribution in [1.29, 1.82) is 0 Å². The lowest BCUT2D eigenvalue weighted by Crippen LogP contribution is -2.11. The maximum absolute atomic E-state index is 13.6. The zero-order valence-corrected chi connectivity index (χ0v) is 17.9. The molecule has 0 saturated heterocycles. The van der Waals surface area contributed by atoms with E-state index in [2.05, 4.69) is 25.6 Å². The molecule has 2 aromatic heterocycles. The van der Waals surface area contributed by atoms with Gasteiger partial charge >= 0.3 is 6.18 Å². The topological polar surface area (TPSA) is 143 Å². The summed E-state index contributed by atoms with van der Waals surface area (Å²) in [5, 5.41) is 33.7. The van der Waals surface area contributed by atoms with Crippen LogP contribution in [0.5, 0.6) is 28.9 Å². The first-order chi connectivity index (χ1) is 16.6. The van der Waals surface area contributed by atoms with E-state index in [4.69, 9.17) is 9.47 Å². The number of tetrazole rings is 1. The molecule has 0 bridgehead atoms. The minimum absolute atomic E-state index is 0.201. The van der Waals surface area contributed by atoms with Gasteiger partial charge in [0.25, 0.3) is 0 Å². The largest absolute Gasteiger partial charge is 0.506 e. The zero-order valence-electron chi connectivity index (χ0n) is 17.9. The predicted octanol–water partition coefficient (Wildman–Crippen LogP) is 4.27. The van der Waals surface area contributed by atoms with Crippen molar-refractivity contribution in [3.8, 4) is 40.3 Å². The number of pyridine rings is 1. The number of aromatic amines is 1. The highest BCUT2D eigenvalue weighted by molar-refractivity contribution is 5.98. The summed E-state index contributed by atoms with van der Waals surface area (Å²) < 4.78 is 51.7. The molecule has 0 unspecified atom stereocenters. The van der Waals surface area contributed by atoms with Crippen molar-refractivity contribution in [3.63, 3.8) is 0 Å². The number of H-pyrrole nitrogens is 1. The van der Waals surface area contributed by atoms with Crippen LogP contribution in [0, 0.1) is 0 Å². The number of aromatic hydroxyl groups is 2. The first-order valence-electron chi connectivity index (χ1n) is 9.90. The van der Waals surface area contributed by atoms with E-state index < -0.39 is 46.9 Å². The van der Waals surface area contributed by atoms with Crippen molar-refractivity contribution in [3.05, 3.63) is 65.4 Å². The number of ether oxygens (including phenoxy) is 2. The molecule has 2 heterocycles. The summed E-state index contributed by atoms with van der Waals surface area (Å²) in [7, 11) is 0. The molecule has 180 valence electrons. The third kappa shape index (κ3) is 5.13. The van der Waals surface area contributed by atoms with Gasteiger partial charge in [-0.05, 0) is 42.0 Å². The van der Waals surface area contributed by atoms with E-state index in [1.807, 2.05) is 0 Å². The van der Waals surface area contributed by atoms with Gasteiger partial charge in [0.1, 0.15) is 23.7 Å². The number of nitrogens with zero attached hydrogens (tertiary/aromatic N) is 4. The summed E-state index contributed by atoms with van der Waals surface area (Å²) in [4.78, 5) is 15.7. The molecule has 35 heavy (non-hydrogen) atoms. The van der Waals surface area contributed by atoms with Crippen LogP contribution < -0.4 is 9.47 Å². The van der Waals surface area contributed by atoms with Crippen LogP contribution in [-0.2, 0) is 12.8 Å². The predicted molar refractivity (Wildman–Crippen MR) is 113 cm³/mol. The Morgan fingerprint density at radius 2 is 1.94 bits per heavy atom. The summed E-state index contributed by atoms with van der Waals surface area (Å²) in [6.07, 6.45) is -3.62. The van der Waals surface area contributed by atoms with Gasteiger partial charge in [-0.15, -0.1) is 10.2 Å². The molecular weight excluding hydrogens is 471 g/mol. The van der Waals surface area contributed by atoms with E-state index in [0.29, 0.717) is 22.7 Å². The van der Waals surface area contributed by atoms with Gasteiger partial charge in [-0.2, -0.15) is 18.4 Å². The molecule has 0 aliphatic carbocycles.